The highest BCUT2D eigenvalue weighted by molar-refractivity contribution is 7.92. The molecule has 10 heteroatoms. The van der Waals surface area contributed by atoms with Gasteiger partial charge in [0.15, 0.2) is 0 Å². The first kappa shape index (κ1) is 24.5. The van der Waals surface area contributed by atoms with Gasteiger partial charge in [0.25, 0.3) is 10.0 Å². The maximum Gasteiger partial charge on any atom is 0.264 e. The second kappa shape index (κ2) is 10.2. The lowest BCUT2D eigenvalue weighted by molar-refractivity contribution is -0.132. The molecule has 2 aromatic rings. The van der Waals surface area contributed by atoms with Crippen LogP contribution in [0.5, 0.6) is 0 Å². The van der Waals surface area contributed by atoms with Crippen molar-refractivity contribution in [1.82, 2.24) is 9.80 Å². The van der Waals surface area contributed by atoms with Gasteiger partial charge in [-0.25, -0.2) is 8.42 Å². The Kier molecular flexibility index (Phi) is 7.84. The largest absolute Gasteiger partial charge is 0.374 e. The SMILES string of the molecule is C=CCN(c1ccc(Cl)cc1)S(=O)(=O)c1ccc(Cl)c(C(O)N2CCN(C(C)=O)CC2)c1. The van der Waals surface area contributed by atoms with Crippen LogP contribution in [-0.2, 0) is 14.8 Å². The first-order valence-corrected chi connectivity index (χ1v) is 12.2. The predicted octanol–water partition coefficient (Wildman–Crippen LogP) is 3.53. The molecule has 1 aliphatic rings. The van der Waals surface area contributed by atoms with Crippen LogP contribution in [0.25, 0.3) is 0 Å². The first-order chi connectivity index (χ1) is 15.1. The van der Waals surface area contributed by atoms with Crippen LogP contribution in [-0.4, -0.2) is 62.0 Å². The van der Waals surface area contributed by atoms with Crippen LogP contribution in [0.4, 0.5) is 5.69 Å². The number of hydrogen-bond acceptors (Lipinski definition) is 5. The van der Waals surface area contributed by atoms with Gasteiger partial charge in [-0.15, -0.1) is 6.58 Å². The van der Waals surface area contributed by atoms with E-state index in [1.807, 2.05) is 0 Å². The van der Waals surface area contributed by atoms with Gasteiger partial charge in [0.05, 0.1) is 17.1 Å². The van der Waals surface area contributed by atoms with Crippen molar-refractivity contribution < 1.29 is 18.3 Å². The number of aliphatic hydroxyl groups is 1. The number of nitrogens with zero attached hydrogens (tertiary/aromatic N) is 3. The van der Waals surface area contributed by atoms with E-state index in [2.05, 4.69) is 6.58 Å². The number of carbonyl (C=O) groups is 1. The zero-order chi connectivity index (χ0) is 23.5. The Bertz CT molecular complexity index is 1080. The number of hydrogen-bond donors (Lipinski definition) is 1. The molecule has 1 heterocycles. The number of amides is 1. The van der Waals surface area contributed by atoms with Crippen molar-refractivity contribution in [3.05, 3.63) is 70.7 Å². The highest BCUT2D eigenvalue weighted by Crippen LogP contribution is 2.32. The highest BCUT2D eigenvalue weighted by Gasteiger charge is 2.29. The zero-order valence-corrected chi connectivity index (χ0v) is 19.9. The molecule has 3 rings (SSSR count). The van der Waals surface area contributed by atoms with Gasteiger partial charge in [0.2, 0.25) is 5.91 Å². The number of sulfonamides is 1. The molecule has 0 aliphatic carbocycles. The number of aliphatic hydroxyl groups excluding tert-OH is 1. The summed E-state index contributed by atoms with van der Waals surface area (Å²) in [6.45, 7) is 7.07. The van der Waals surface area contributed by atoms with Crippen molar-refractivity contribution in [3.63, 3.8) is 0 Å². The van der Waals surface area contributed by atoms with Crippen LogP contribution in [0, 0.1) is 0 Å². The van der Waals surface area contributed by atoms with Gasteiger partial charge in [-0.1, -0.05) is 29.3 Å². The molecule has 1 aliphatic heterocycles. The fourth-order valence-electron chi connectivity index (χ4n) is 3.55. The molecule has 7 nitrogen and oxygen atoms in total. The Morgan fingerprint density at radius 1 is 1.16 bits per heavy atom. The number of piperazine rings is 1. The van der Waals surface area contributed by atoms with Crippen LogP contribution >= 0.6 is 23.2 Å². The van der Waals surface area contributed by atoms with Crippen molar-refractivity contribution in [2.45, 2.75) is 18.0 Å². The third-order valence-corrected chi connectivity index (χ3v) is 7.73. The van der Waals surface area contributed by atoms with Gasteiger partial charge >= 0.3 is 0 Å². The standard InChI is InChI=1S/C22H25Cl2N3O4S/c1-3-10-27(18-6-4-17(23)5-7-18)32(30,31)19-8-9-21(24)20(15-19)22(29)26-13-11-25(12-14-26)16(2)28/h3-9,15,22,29H,1,10-14H2,2H3. The number of rotatable bonds is 7. The Hall–Kier alpha value is -2.10. The molecule has 172 valence electrons. The van der Waals surface area contributed by atoms with Crippen LogP contribution in [0.2, 0.25) is 10.0 Å². The van der Waals surface area contributed by atoms with E-state index < -0.39 is 16.3 Å². The summed E-state index contributed by atoms with van der Waals surface area (Å²) < 4.78 is 28.1. The van der Waals surface area contributed by atoms with E-state index in [0.29, 0.717) is 42.5 Å². The minimum atomic E-state index is -3.97. The molecular weight excluding hydrogens is 473 g/mol. The second-order valence-electron chi connectivity index (χ2n) is 7.40. The lowest BCUT2D eigenvalue weighted by Gasteiger charge is -2.37. The summed E-state index contributed by atoms with van der Waals surface area (Å²) in [4.78, 5) is 15.0. The van der Waals surface area contributed by atoms with E-state index in [1.165, 1.54) is 35.5 Å². The molecular formula is C22H25Cl2N3O4S. The lowest BCUT2D eigenvalue weighted by atomic mass is 10.1. The molecule has 1 atom stereocenters. The molecule has 1 saturated heterocycles. The molecule has 0 radical (unpaired) electrons. The third-order valence-electron chi connectivity index (χ3n) is 5.35. The Balaban J connectivity index is 1.91. The van der Waals surface area contributed by atoms with Gasteiger partial charge in [-0.2, -0.15) is 0 Å². The topological polar surface area (TPSA) is 81.2 Å². The van der Waals surface area contributed by atoms with Crippen LogP contribution in [0.15, 0.2) is 60.0 Å². The minimum Gasteiger partial charge on any atom is -0.374 e. The van der Waals surface area contributed by atoms with E-state index in [-0.39, 0.29) is 22.4 Å². The number of carbonyl (C=O) groups excluding carboxylic acids is 1. The molecule has 1 amide bonds. The Morgan fingerprint density at radius 3 is 2.34 bits per heavy atom. The average Bonchev–Trinajstić information content (AvgIpc) is 2.78. The fourth-order valence-corrected chi connectivity index (χ4v) is 5.36. The van der Waals surface area contributed by atoms with Crippen molar-refractivity contribution in [3.8, 4) is 0 Å². The summed E-state index contributed by atoms with van der Waals surface area (Å²) in [5.74, 6) is -0.0187. The molecule has 0 aromatic heterocycles. The molecule has 1 unspecified atom stereocenters. The van der Waals surface area contributed by atoms with Gasteiger partial charge in [-0.05, 0) is 42.5 Å². The normalized spacial score (nSPS) is 15.9. The summed E-state index contributed by atoms with van der Waals surface area (Å²) in [5, 5.41) is 11.7. The van der Waals surface area contributed by atoms with Crippen LogP contribution < -0.4 is 4.31 Å². The minimum absolute atomic E-state index is 0.00452. The summed E-state index contributed by atoms with van der Waals surface area (Å²) in [6.07, 6.45) is 0.391. The summed E-state index contributed by atoms with van der Waals surface area (Å²) in [6, 6.07) is 10.7. The van der Waals surface area contributed by atoms with E-state index >= 15 is 0 Å². The Labute approximate surface area is 198 Å². The smallest absolute Gasteiger partial charge is 0.264 e. The van der Waals surface area contributed by atoms with Crippen molar-refractivity contribution in [2.24, 2.45) is 0 Å². The maximum absolute atomic E-state index is 13.5. The van der Waals surface area contributed by atoms with Gasteiger partial charge < -0.3 is 10.0 Å². The average molecular weight is 498 g/mol. The summed E-state index contributed by atoms with van der Waals surface area (Å²) in [7, 11) is -3.97. The van der Waals surface area contributed by atoms with Gasteiger partial charge in [0, 0.05) is 48.7 Å². The van der Waals surface area contributed by atoms with E-state index in [0.717, 1.165) is 0 Å². The van der Waals surface area contributed by atoms with Crippen molar-refractivity contribution >= 4 is 44.8 Å². The summed E-state index contributed by atoms with van der Waals surface area (Å²) in [5.41, 5.74) is 0.727. The van der Waals surface area contributed by atoms with Crippen LogP contribution in [0.3, 0.4) is 0 Å². The van der Waals surface area contributed by atoms with Crippen molar-refractivity contribution in [2.75, 3.05) is 37.0 Å². The maximum atomic E-state index is 13.5. The molecule has 0 saturated carbocycles. The van der Waals surface area contributed by atoms with Gasteiger partial charge in [-0.3, -0.25) is 14.0 Å². The predicted molar refractivity (Wildman–Crippen MR) is 126 cm³/mol. The quantitative estimate of drug-likeness (QED) is 0.591. The molecule has 2 aromatic carbocycles. The molecule has 32 heavy (non-hydrogen) atoms. The third kappa shape index (κ3) is 5.27. The highest BCUT2D eigenvalue weighted by atomic mass is 35.5. The molecule has 1 N–H and O–H groups in total. The Morgan fingerprint density at radius 2 is 1.78 bits per heavy atom. The molecule has 1 fully saturated rings. The number of halogens is 2. The molecule has 0 spiro atoms. The van der Waals surface area contributed by atoms with Crippen LogP contribution in [0.1, 0.15) is 18.7 Å². The van der Waals surface area contributed by atoms with Crippen molar-refractivity contribution in [1.29, 1.82) is 0 Å². The number of benzene rings is 2. The van der Waals surface area contributed by atoms with E-state index in [4.69, 9.17) is 23.2 Å². The number of anilines is 1. The first-order valence-electron chi connectivity index (χ1n) is 10.0. The summed E-state index contributed by atoms with van der Waals surface area (Å²) >= 11 is 12.3. The van der Waals surface area contributed by atoms with Gasteiger partial charge in [0.1, 0.15) is 6.23 Å². The zero-order valence-electron chi connectivity index (χ0n) is 17.6. The van der Waals surface area contributed by atoms with E-state index in [1.54, 1.807) is 34.1 Å². The lowest BCUT2D eigenvalue weighted by Crippen LogP contribution is -2.49. The fraction of sp³-hybridized carbons (Fsp3) is 0.318. The second-order valence-corrected chi connectivity index (χ2v) is 10.1. The monoisotopic (exact) mass is 497 g/mol. The van der Waals surface area contributed by atoms with E-state index in [9.17, 15) is 18.3 Å². The molecule has 0 bridgehead atoms.